The quantitative estimate of drug-likeness (QED) is 0.759. The topological polar surface area (TPSA) is 59.2 Å². The van der Waals surface area contributed by atoms with Crippen LogP contribution in [0.15, 0.2) is 52.9 Å². The van der Waals surface area contributed by atoms with Crippen LogP contribution in [0.2, 0.25) is 0 Å². The van der Waals surface area contributed by atoms with Gasteiger partial charge in [-0.05, 0) is 37.3 Å². The Labute approximate surface area is 110 Å². The number of benzene rings is 2. The van der Waals surface area contributed by atoms with Crippen LogP contribution in [0, 0.1) is 6.92 Å². The molecule has 4 nitrogen and oxygen atoms in total. The third-order valence-electron chi connectivity index (χ3n) is 2.82. The Morgan fingerprint density at radius 2 is 1.58 bits per heavy atom. The SMILES string of the molecule is Cc1ccc(-c2nnc(-c3cccc(O)c3)o2)cc1. The predicted octanol–water partition coefficient (Wildman–Crippen LogP) is 3.42. The maximum atomic E-state index is 9.44. The second kappa shape index (κ2) is 4.57. The first-order valence-corrected chi connectivity index (χ1v) is 5.92. The Kier molecular flexibility index (Phi) is 2.76. The molecule has 3 rings (SSSR count). The number of rotatable bonds is 2. The second-order valence-corrected chi connectivity index (χ2v) is 4.33. The summed E-state index contributed by atoms with van der Waals surface area (Å²) >= 11 is 0. The molecule has 0 saturated heterocycles. The molecule has 0 atom stereocenters. The monoisotopic (exact) mass is 252 g/mol. The summed E-state index contributed by atoms with van der Waals surface area (Å²) < 4.78 is 5.62. The van der Waals surface area contributed by atoms with Gasteiger partial charge in [-0.15, -0.1) is 10.2 Å². The number of phenolic OH excluding ortho intramolecular Hbond substituents is 1. The minimum atomic E-state index is 0.174. The number of aromatic nitrogens is 2. The molecule has 1 aromatic heterocycles. The maximum Gasteiger partial charge on any atom is 0.248 e. The van der Waals surface area contributed by atoms with Gasteiger partial charge in [0.2, 0.25) is 11.8 Å². The molecular formula is C15H12N2O2. The first kappa shape index (κ1) is 11.5. The standard InChI is InChI=1S/C15H12N2O2/c1-10-5-7-11(8-6-10)14-16-17-15(19-14)12-3-2-4-13(18)9-12/h2-9,18H,1H3. The molecule has 0 unspecified atom stereocenters. The number of aryl methyl sites for hydroxylation is 1. The van der Waals surface area contributed by atoms with E-state index in [0.29, 0.717) is 17.3 Å². The number of phenols is 1. The highest BCUT2D eigenvalue weighted by Gasteiger charge is 2.10. The van der Waals surface area contributed by atoms with Gasteiger partial charge in [0, 0.05) is 11.1 Å². The molecule has 0 fully saturated rings. The van der Waals surface area contributed by atoms with Gasteiger partial charge in [-0.3, -0.25) is 0 Å². The molecule has 0 aliphatic carbocycles. The lowest BCUT2D eigenvalue weighted by Gasteiger charge is -1.96. The zero-order chi connectivity index (χ0) is 13.2. The number of aromatic hydroxyl groups is 1. The molecule has 0 saturated carbocycles. The van der Waals surface area contributed by atoms with E-state index in [1.165, 1.54) is 5.56 Å². The van der Waals surface area contributed by atoms with Gasteiger partial charge >= 0.3 is 0 Å². The highest BCUT2D eigenvalue weighted by molar-refractivity contribution is 5.59. The largest absolute Gasteiger partial charge is 0.508 e. The zero-order valence-corrected chi connectivity index (χ0v) is 10.4. The molecule has 4 heteroatoms. The van der Waals surface area contributed by atoms with Crippen molar-refractivity contribution >= 4 is 0 Å². The van der Waals surface area contributed by atoms with Crippen LogP contribution in [0.3, 0.4) is 0 Å². The van der Waals surface area contributed by atoms with Crippen molar-refractivity contribution in [2.75, 3.05) is 0 Å². The van der Waals surface area contributed by atoms with Crippen LogP contribution in [0.25, 0.3) is 22.9 Å². The number of nitrogens with zero attached hydrogens (tertiary/aromatic N) is 2. The van der Waals surface area contributed by atoms with Gasteiger partial charge in [0.05, 0.1) is 0 Å². The first-order chi connectivity index (χ1) is 9.22. The van der Waals surface area contributed by atoms with Crippen LogP contribution >= 0.6 is 0 Å². The lowest BCUT2D eigenvalue weighted by Crippen LogP contribution is -1.78. The van der Waals surface area contributed by atoms with Gasteiger partial charge in [-0.25, -0.2) is 0 Å². The smallest absolute Gasteiger partial charge is 0.248 e. The van der Waals surface area contributed by atoms with Crippen molar-refractivity contribution in [1.29, 1.82) is 0 Å². The summed E-state index contributed by atoms with van der Waals surface area (Å²) in [6.45, 7) is 2.02. The van der Waals surface area contributed by atoms with Crippen molar-refractivity contribution in [2.24, 2.45) is 0 Å². The summed E-state index contributed by atoms with van der Waals surface area (Å²) in [7, 11) is 0. The molecule has 0 aliphatic rings. The predicted molar refractivity (Wildman–Crippen MR) is 71.6 cm³/mol. The average molecular weight is 252 g/mol. The minimum absolute atomic E-state index is 0.174. The van der Waals surface area contributed by atoms with Crippen LogP contribution in [0.4, 0.5) is 0 Å². The van der Waals surface area contributed by atoms with E-state index in [-0.39, 0.29) is 5.75 Å². The molecule has 0 spiro atoms. The molecule has 94 valence electrons. The van der Waals surface area contributed by atoms with Crippen LogP contribution in [0.5, 0.6) is 5.75 Å². The highest BCUT2D eigenvalue weighted by Crippen LogP contribution is 2.25. The van der Waals surface area contributed by atoms with Gasteiger partial charge in [0.25, 0.3) is 0 Å². The number of hydrogen-bond donors (Lipinski definition) is 1. The molecule has 3 aromatic rings. The summed E-state index contributed by atoms with van der Waals surface area (Å²) in [4.78, 5) is 0. The number of hydrogen-bond acceptors (Lipinski definition) is 4. The third kappa shape index (κ3) is 2.33. The summed E-state index contributed by atoms with van der Waals surface area (Å²) in [5, 5.41) is 17.5. The van der Waals surface area contributed by atoms with Crippen molar-refractivity contribution < 1.29 is 9.52 Å². The molecule has 0 amide bonds. The van der Waals surface area contributed by atoms with Crippen LogP contribution in [-0.2, 0) is 0 Å². The lowest BCUT2D eigenvalue weighted by atomic mass is 10.1. The molecule has 2 aromatic carbocycles. The molecule has 1 heterocycles. The van der Waals surface area contributed by atoms with Gasteiger partial charge in [-0.1, -0.05) is 23.8 Å². The van der Waals surface area contributed by atoms with E-state index in [1.54, 1.807) is 18.2 Å². The van der Waals surface area contributed by atoms with Gasteiger partial charge in [0.15, 0.2) is 0 Å². The second-order valence-electron chi connectivity index (χ2n) is 4.33. The van der Waals surface area contributed by atoms with E-state index in [4.69, 9.17) is 4.42 Å². The molecule has 0 aliphatic heterocycles. The van der Waals surface area contributed by atoms with E-state index < -0.39 is 0 Å². The maximum absolute atomic E-state index is 9.44. The Balaban J connectivity index is 1.97. The summed E-state index contributed by atoms with van der Waals surface area (Å²) in [5.41, 5.74) is 2.76. The normalized spacial score (nSPS) is 10.6. The summed E-state index contributed by atoms with van der Waals surface area (Å²) in [6, 6.07) is 14.6. The average Bonchev–Trinajstić information content (AvgIpc) is 2.89. The first-order valence-electron chi connectivity index (χ1n) is 5.92. The molecule has 19 heavy (non-hydrogen) atoms. The third-order valence-corrected chi connectivity index (χ3v) is 2.82. The Morgan fingerprint density at radius 1 is 0.895 bits per heavy atom. The van der Waals surface area contributed by atoms with Crippen molar-refractivity contribution in [1.82, 2.24) is 10.2 Å². The van der Waals surface area contributed by atoms with Gasteiger partial charge in [0.1, 0.15) is 5.75 Å². The molecule has 0 radical (unpaired) electrons. The molecule has 0 bridgehead atoms. The highest BCUT2D eigenvalue weighted by atomic mass is 16.4. The minimum Gasteiger partial charge on any atom is -0.508 e. The van der Waals surface area contributed by atoms with Crippen molar-refractivity contribution in [3.05, 3.63) is 54.1 Å². The van der Waals surface area contributed by atoms with Crippen LogP contribution in [0.1, 0.15) is 5.56 Å². The molecular weight excluding hydrogens is 240 g/mol. The lowest BCUT2D eigenvalue weighted by molar-refractivity contribution is 0.475. The molecule has 1 N–H and O–H groups in total. The van der Waals surface area contributed by atoms with Crippen LogP contribution in [-0.4, -0.2) is 15.3 Å². The fraction of sp³-hybridized carbons (Fsp3) is 0.0667. The zero-order valence-electron chi connectivity index (χ0n) is 10.4. The Morgan fingerprint density at radius 3 is 2.26 bits per heavy atom. The van der Waals surface area contributed by atoms with E-state index in [1.807, 2.05) is 37.3 Å². The van der Waals surface area contributed by atoms with Crippen molar-refractivity contribution in [2.45, 2.75) is 6.92 Å². The summed E-state index contributed by atoms with van der Waals surface area (Å²) in [5.74, 6) is 1.04. The fourth-order valence-electron chi connectivity index (χ4n) is 1.79. The van der Waals surface area contributed by atoms with Crippen LogP contribution < -0.4 is 0 Å². The van der Waals surface area contributed by atoms with E-state index in [9.17, 15) is 5.11 Å². The summed E-state index contributed by atoms with van der Waals surface area (Å²) in [6.07, 6.45) is 0. The van der Waals surface area contributed by atoms with Crippen molar-refractivity contribution in [3.8, 4) is 28.7 Å². The Bertz CT molecular complexity index is 702. The van der Waals surface area contributed by atoms with Gasteiger partial charge < -0.3 is 9.52 Å². The fourth-order valence-corrected chi connectivity index (χ4v) is 1.79. The van der Waals surface area contributed by atoms with Crippen molar-refractivity contribution in [3.63, 3.8) is 0 Å². The van der Waals surface area contributed by atoms with E-state index >= 15 is 0 Å². The Hall–Kier alpha value is -2.62. The van der Waals surface area contributed by atoms with E-state index in [2.05, 4.69) is 10.2 Å². The van der Waals surface area contributed by atoms with Gasteiger partial charge in [-0.2, -0.15) is 0 Å². The van der Waals surface area contributed by atoms with E-state index in [0.717, 1.165) is 5.56 Å².